The summed E-state index contributed by atoms with van der Waals surface area (Å²) in [6.45, 7) is 4.26. The van der Waals surface area contributed by atoms with Gasteiger partial charge in [-0.15, -0.1) is 0 Å². The lowest BCUT2D eigenvalue weighted by Gasteiger charge is -2.04. The van der Waals surface area contributed by atoms with Gasteiger partial charge < -0.3 is 15.8 Å². The third kappa shape index (κ3) is 23.9. The number of amides is 1. The van der Waals surface area contributed by atoms with Crippen LogP contribution in [0.15, 0.2) is 72.9 Å². The molecular formula is C26H42N2O2. The summed E-state index contributed by atoms with van der Waals surface area (Å²) in [5.74, 6) is 0.0610. The summed E-state index contributed by atoms with van der Waals surface area (Å²) in [5, 5.41) is 2.83. The largest absolute Gasteiger partial charge is 0.378 e. The van der Waals surface area contributed by atoms with E-state index >= 15 is 0 Å². The molecule has 0 spiro atoms. The highest BCUT2D eigenvalue weighted by molar-refractivity contribution is 5.75. The first-order valence-corrected chi connectivity index (χ1v) is 11.3. The average Bonchev–Trinajstić information content (AvgIpc) is 2.75. The number of carbonyl (C=O) groups excluding carboxylic acids is 1. The number of hydrogen-bond donors (Lipinski definition) is 2. The van der Waals surface area contributed by atoms with Crippen LogP contribution in [0.25, 0.3) is 0 Å². The molecule has 0 radical (unpaired) electrons. The second kappa shape index (κ2) is 24.9. The van der Waals surface area contributed by atoms with Gasteiger partial charge in [-0.2, -0.15) is 0 Å². The first kappa shape index (κ1) is 27.8. The van der Waals surface area contributed by atoms with Gasteiger partial charge in [0.25, 0.3) is 0 Å². The molecule has 0 aliphatic carbocycles. The maximum absolute atomic E-state index is 11.6. The van der Waals surface area contributed by atoms with E-state index in [2.05, 4.69) is 85.2 Å². The molecule has 3 N–H and O–H groups in total. The third-order valence-corrected chi connectivity index (χ3v) is 3.97. The average molecular weight is 415 g/mol. The fourth-order valence-corrected chi connectivity index (χ4v) is 2.39. The third-order valence-electron chi connectivity index (χ3n) is 3.97. The van der Waals surface area contributed by atoms with Crippen molar-refractivity contribution in [2.45, 2.75) is 58.3 Å². The molecule has 0 fully saturated rings. The molecule has 0 atom stereocenters. The molecule has 0 saturated heterocycles. The smallest absolute Gasteiger partial charge is 0.220 e. The van der Waals surface area contributed by atoms with E-state index in [0.29, 0.717) is 32.7 Å². The fourth-order valence-electron chi connectivity index (χ4n) is 2.39. The van der Waals surface area contributed by atoms with Gasteiger partial charge in [-0.25, -0.2) is 0 Å². The van der Waals surface area contributed by atoms with E-state index in [0.717, 1.165) is 44.9 Å². The minimum atomic E-state index is 0.0610. The van der Waals surface area contributed by atoms with Crippen LogP contribution in [0.1, 0.15) is 58.3 Å². The van der Waals surface area contributed by atoms with Crippen LogP contribution < -0.4 is 11.1 Å². The lowest BCUT2D eigenvalue weighted by atomic mass is 10.2. The molecule has 30 heavy (non-hydrogen) atoms. The molecule has 4 heteroatoms. The molecule has 0 bridgehead atoms. The van der Waals surface area contributed by atoms with Gasteiger partial charge in [0.2, 0.25) is 5.91 Å². The van der Waals surface area contributed by atoms with Crippen molar-refractivity contribution in [3.63, 3.8) is 0 Å². The summed E-state index contributed by atoms with van der Waals surface area (Å²) in [4.78, 5) is 11.6. The van der Waals surface area contributed by atoms with Gasteiger partial charge in [-0.1, -0.05) is 79.8 Å². The van der Waals surface area contributed by atoms with Gasteiger partial charge >= 0.3 is 0 Å². The lowest BCUT2D eigenvalue weighted by Crippen LogP contribution is -2.27. The highest BCUT2D eigenvalue weighted by Gasteiger charge is 1.97. The van der Waals surface area contributed by atoms with Gasteiger partial charge in [0.15, 0.2) is 0 Å². The number of nitrogens with two attached hydrogens (primary N) is 1. The van der Waals surface area contributed by atoms with E-state index in [1.807, 2.05) is 0 Å². The molecule has 0 aliphatic heterocycles. The normalized spacial score (nSPS) is 12.7. The predicted molar refractivity (Wildman–Crippen MR) is 130 cm³/mol. The van der Waals surface area contributed by atoms with E-state index in [-0.39, 0.29) is 5.91 Å². The Balaban J connectivity index is 3.53. The van der Waals surface area contributed by atoms with Crippen LogP contribution in [-0.2, 0) is 9.53 Å². The number of hydrogen-bond acceptors (Lipinski definition) is 3. The topological polar surface area (TPSA) is 64.3 Å². The molecule has 4 nitrogen and oxygen atoms in total. The SMILES string of the molecule is CCC=CCC=CCC=CCC=CCC=CCC=CCCC(=O)NCCOCCN. The van der Waals surface area contributed by atoms with Crippen molar-refractivity contribution in [1.29, 1.82) is 0 Å². The highest BCUT2D eigenvalue weighted by atomic mass is 16.5. The van der Waals surface area contributed by atoms with Crippen molar-refractivity contribution in [1.82, 2.24) is 5.32 Å². The minimum Gasteiger partial charge on any atom is -0.378 e. The maximum atomic E-state index is 11.6. The van der Waals surface area contributed by atoms with Crippen molar-refractivity contribution in [2.24, 2.45) is 5.73 Å². The molecule has 0 heterocycles. The second-order valence-electron chi connectivity index (χ2n) is 6.70. The summed E-state index contributed by atoms with van der Waals surface area (Å²) in [6.07, 6.45) is 33.4. The molecule has 0 aromatic heterocycles. The van der Waals surface area contributed by atoms with E-state index in [4.69, 9.17) is 10.5 Å². The standard InChI is InChI=1S/C26H42N2O2/c1-2-3-4-5-6-7-8-9-10-11-12-13-14-15-16-17-18-19-20-21-26(29)28-23-25-30-24-22-27/h3-4,6-7,9-10,12-13,15-16,18-19H,2,5,8,11,14,17,20-25,27H2,1H3,(H,28,29). The number of ether oxygens (including phenoxy) is 1. The minimum absolute atomic E-state index is 0.0610. The Hall–Kier alpha value is -2.17. The fraction of sp³-hybridized carbons (Fsp3) is 0.500. The summed E-state index contributed by atoms with van der Waals surface area (Å²) in [5.41, 5.74) is 5.32. The summed E-state index contributed by atoms with van der Waals surface area (Å²) >= 11 is 0. The molecular weight excluding hydrogens is 372 g/mol. The van der Waals surface area contributed by atoms with Crippen LogP contribution in [0.3, 0.4) is 0 Å². The van der Waals surface area contributed by atoms with Crippen molar-refractivity contribution >= 4 is 5.91 Å². The Morgan fingerprint density at radius 3 is 1.67 bits per heavy atom. The van der Waals surface area contributed by atoms with E-state index in [1.165, 1.54) is 0 Å². The zero-order valence-electron chi connectivity index (χ0n) is 18.8. The van der Waals surface area contributed by atoms with Crippen molar-refractivity contribution < 1.29 is 9.53 Å². The predicted octanol–water partition coefficient (Wildman–Crippen LogP) is 5.56. The second-order valence-corrected chi connectivity index (χ2v) is 6.70. The van der Waals surface area contributed by atoms with Crippen molar-refractivity contribution in [2.75, 3.05) is 26.3 Å². The summed E-state index contributed by atoms with van der Waals surface area (Å²) in [7, 11) is 0. The molecule has 1 amide bonds. The Labute approximate surface area is 184 Å². The molecule has 0 aromatic carbocycles. The molecule has 0 aliphatic rings. The van der Waals surface area contributed by atoms with Crippen LogP contribution >= 0.6 is 0 Å². The number of allylic oxidation sites excluding steroid dienone is 12. The van der Waals surface area contributed by atoms with Gasteiger partial charge in [-0.05, 0) is 44.9 Å². The number of rotatable bonds is 19. The number of nitrogens with one attached hydrogen (secondary N) is 1. The maximum Gasteiger partial charge on any atom is 0.220 e. The molecule has 0 rings (SSSR count). The Kier molecular flexibility index (Phi) is 23.1. The van der Waals surface area contributed by atoms with Gasteiger partial charge in [0.1, 0.15) is 0 Å². The van der Waals surface area contributed by atoms with Crippen LogP contribution in [0, 0.1) is 0 Å². The Morgan fingerprint density at radius 1 is 0.733 bits per heavy atom. The van der Waals surface area contributed by atoms with Crippen molar-refractivity contribution in [3.8, 4) is 0 Å². The quantitative estimate of drug-likeness (QED) is 0.215. The first-order valence-electron chi connectivity index (χ1n) is 11.3. The van der Waals surface area contributed by atoms with Crippen LogP contribution in [0.4, 0.5) is 0 Å². The lowest BCUT2D eigenvalue weighted by molar-refractivity contribution is -0.121. The van der Waals surface area contributed by atoms with Gasteiger partial charge in [-0.3, -0.25) is 4.79 Å². The zero-order valence-corrected chi connectivity index (χ0v) is 18.8. The molecule has 168 valence electrons. The Morgan fingerprint density at radius 2 is 1.20 bits per heavy atom. The van der Waals surface area contributed by atoms with Gasteiger partial charge in [0.05, 0.1) is 13.2 Å². The highest BCUT2D eigenvalue weighted by Crippen LogP contribution is 1.97. The molecule has 0 saturated carbocycles. The van der Waals surface area contributed by atoms with E-state index in [9.17, 15) is 4.79 Å². The van der Waals surface area contributed by atoms with E-state index in [1.54, 1.807) is 0 Å². The molecule has 0 unspecified atom stereocenters. The number of carbonyl (C=O) groups is 1. The monoisotopic (exact) mass is 414 g/mol. The van der Waals surface area contributed by atoms with Crippen LogP contribution in [-0.4, -0.2) is 32.2 Å². The summed E-state index contributed by atoms with van der Waals surface area (Å²) in [6, 6.07) is 0. The van der Waals surface area contributed by atoms with Crippen molar-refractivity contribution in [3.05, 3.63) is 72.9 Å². The Bertz CT molecular complexity index is 557. The van der Waals surface area contributed by atoms with E-state index < -0.39 is 0 Å². The van der Waals surface area contributed by atoms with Crippen LogP contribution in [0.5, 0.6) is 0 Å². The zero-order chi connectivity index (χ0) is 22.0. The van der Waals surface area contributed by atoms with Gasteiger partial charge in [0, 0.05) is 19.5 Å². The first-order chi connectivity index (χ1) is 14.8. The van der Waals surface area contributed by atoms with Crippen LogP contribution in [0.2, 0.25) is 0 Å². The molecule has 0 aromatic rings. The summed E-state index contributed by atoms with van der Waals surface area (Å²) < 4.78 is 5.20.